The van der Waals surface area contributed by atoms with Gasteiger partial charge in [-0.15, -0.1) is 0 Å². The Morgan fingerprint density at radius 3 is 2.56 bits per heavy atom. The maximum atomic E-state index is 12.3. The molecule has 0 saturated carbocycles. The molecule has 0 amide bonds. The van der Waals surface area contributed by atoms with E-state index in [1.807, 2.05) is 26.0 Å². The fourth-order valence-corrected chi connectivity index (χ4v) is 3.96. The van der Waals surface area contributed by atoms with Crippen molar-refractivity contribution < 1.29 is 8.42 Å². The second kappa shape index (κ2) is 5.02. The first kappa shape index (κ1) is 13.6. The van der Waals surface area contributed by atoms with Crippen molar-refractivity contribution in [3.8, 4) is 0 Å². The maximum absolute atomic E-state index is 12.3. The third kappa shape index (κ3) is 2.75. The molecule has 0 bridgehead atoms. The zero-order chi connectivity index (χ0) is 13.3. The minimum atomic E-state index is -3.25. The average molecular weight is 267 g/mol. The lowest BCUT2D eigenvalue weighted by molar-refractivity contribution is 0.516. The van der Waals surface area contributed by atoms with Crippen LogP contribution in [0.1, 0.15) is 31.4 Å². The average Bonchev–Trinajstić information content (AvgIpc) is 2.74. The molecule has 0 fully saturated rings. The van der Waals surface area contributed by atoms with Crippen LogP contribution in [0, 0.1) is 5.92 Å². The van der Waals surface area contributed by atoms with Crippen LogP contribution in [0.3, 0.4) is 0 Å². The van der Waals surface area contributed by atoms with Crippen molar-refractivity contribution >= 4 is 9.84 Å². The number of benzene rings is 1. The molecule has 0 radical (unpaired) electrons. The van der Waals surface area contributed by atoms with Crippen LogP contribution in [-0.2, 0) is 22.7 Å². The summed E-state index contributed by atoms with van der Waals surface area (Å²) in [6, 6.07) is 5.22. The van der Waals surface area contributed by atoms with E-state index in [9.17, 15) is 8.42 Å². The molecule has 1 aromatic carbocycles. The lowest BCUT2D eigenvalue weighted by Gasteiger charge is -2.16. The topological polar surface area (TPSA) is 60.2 Å². The van der Waals surface area contributed by atoms with Crippen molar-refractivity contribution in [3.63, 3.8) is 0 Å². The highest BCUT2D eigenvalue weighted by molar-refractivity contribution is 7.91. The van der Waals surface area contributed by atoms with Gasteiger partial charge in [0.2, 0.25) is 0 Å². The molecule has 1 aliphatic rings. The number of sulfone groups is 1. The molecule has 0 saturated heterocycles. The van der Waals surface area contributed by atoms with Crippen molar-refractivity contribution in [2.75, 3.05) is 5.75 Å². The minimum absolute atomic E-state index is 0.0312. The summed E-state index contributed by atoms with van der Waals surface area (Å²) in [5.74, 6) is 0.206. The summed E-state index contributed by atoms with van der Waals surface area (Å²) < 4.78 is 24.5. The number of aryl methyl sites for hydroxylation is 2. The standard InChI is InChI=1S/C14H21NO2S/c1-10(2)14(15)9-18(16,17)13-7-6-11-4-3-5-12(11)8-13/h6-8,10,14H,3-5,9,15H2,1-2H3. The summed E-state index contributed by atoms with van der Waals surface area (Å²) in [6.07, 6.45) is 3.19. The maximum Gasteiger partial charge on any atom is 0.179 e. The highest BCUT2D eigenvalue weighted by atomic mass is 32.2. The number of nitrogens with two attached hydrogens (primary N) is 1. The van der Waals surface area contributed by atoms with E-state index in [4.69, 9.17) is 5.73 Å². The Labute approximate surface area is 109 Å². The predicted octanol–water partition coefficient (Wildman–Crippen LogP) is 1.93. The van der Waals surface area contributed by atoms with Gasteiger partial charge in [0.25, 0.3) is 0 Å². The highest BCUT2D eigenvalue weighted by Crippen LogP contribution is 2.25. The zero-order valence-electron chi connectivity index (χ0n) is 11.0. The van der Waals surface area contributed by atoms with Gasteiger partial charge in [0.1, 0.15) is 0 Å². The molecule has 0 aromatic heterocycles. The van der Waals surface area contributed by atoms with Crippen molar-refractivity contribution in [1.29, 1.82) is 0 Å². The second-order valence-corrected chi connectivity index (χ2v) is 7.51. The van der Waals surface area contributed by atoms with Crippen LogP contribution in [0.5, 0.6) is 0 Å². The predicted molar refractivity (Wildman–Crippen MR) is 73.3 cm³/mol. The van der Waals surface area contributed by atoms with Crippen LogP contribution in [0.25, 0.3) is 0 Å². The van der Waals surface area contributed by atoms with Crippen LogP contribution < -0.4 is 5.73 Å². The summed E-state index contributed by atoms with van der Waals surface area (Å²) in [5.41, 5.74) is 8.36. The number of rotatable bonds is 4. The molecule has 2 rings (SSSR count). The van der Waals surface area contributed by atoms with Crippen molar-refractivity contribution in [3.05, 3.63) is 29.3 Å². The van der Waals surface area contributed by atoms with Gasteiger partial charge >= 0.3 is 0 Å². The highest BCUT2D eigenvalue weighted by Gasteiger charge is 2.22. The molecular formula is C14H21NO2S. The Kier molecular flexibility index (Phi) is 3.78. The lowest BCUT2D eigenvalue weighted by atomic mass is 10.1. The van der Waals surface area contributed by atoms with Gasteiger partial charge in [-0.1, -0.05) is 19.9 Å². The van der Waals surface area contributed by atoms with E-state index in [1.165, 1.54) is 11.1 Å². The van der Waals surface area contributed by atoms with Crippen LogP contribution in [0.15, 0.2) is 23.1 Å². The lowest BCUT2D eigenvalue weighted by Crippen LogP contribution is -2.34. The van der Waals surface area contributed by atoms with Gasteiger partial charge in [0.15, 0.2) is 9.84 Å². The molecule has 0 aliphatic heterocycles. The Bertz CT molecular complexity index is 535. The van der Waals surface area contributed by atoms with E-state index in [-0.39, 0.29) is 17.7 Å². The van der Waals surface area contributed by atoms with Crippen molar-refractivity contribution in [2.24, 2.45) is 11.7 Å². The van der Waals surface area contributed by atoms with Crippen LogP contribution >= 0.6 is 0 Å². The summed E-state index contributed by atoms with van der Waals surface area (Å²) >= 11 is 0. The molecular weight excluding hydrogens is 246 g/mol. The zero-order valence-corrected chi connectivity index (χ0v) is 11.8. The van der Waals surface area contributed by atoms with Crippen LogP contribution in [0.2, 0.25) is 0 Å². The van der Waals surface area contributed by atoms with Gasteiger partial charge in [0.05, 0.1) is 10.6 Å². The summed E-state index contributed by atoms with van der Waals surface area (Å²) in [6.45, 7) is 3.89. The molecule has 2 N–H and O–H groups in total. The quantitative estimate of drug-likeness (QED) is 0.907. The largest absolute Gasteiger partial charge is 0.327 e. The van der Waals surface area contributed by atoms with Crippen molar-refractivity contribution in [1.82, 2.24) is 0 Å². The molecule has 0 spiro atoms. The monoisotopic (exact) mass is 267 g/mol. The molecule has 100 valence electrons. The fraction of sp³-hybridized carbons (Fsp3) is 0.571. The molecule has 1 aliphatic carbocycles. The molecule has 4 heteroatoms. The number of fused-ring (bicyclic) bond motifs is 1. The van der Waals surface area contributed by atoms with Crippen LogP contribution in [-0.4, -0.2) is 20.2 Å². The third-order valence-corrected chi connectivity index (χ3v) is 5.49. The number of hydrogen-bond acceptors (Lipinski definition) is 3. The normalized spacial score (nSPS) is 16.9. The Morgan fingerprint density at radius 1 is 1.22 bits per heavy atom. The van der Waals surface area contributed by atoms with Crippen LogP contribution in [0.4, 0.5) is 0 Å². The SMILES string of the molecule is CC(C)C(N)CS(=O)(=O)c1ccc2c(c1)CCC2. The molecule has 1 atom stereocenters. The first-order valence-corrected chi connectivity index (χ1v) is 8.15. The molecule has 0 heterocycles. The van der Waals surface area contributed by atoms with E-state index < -0.39 is 9.84 Å². The van der Waals surface area contributed by atoms with Gasteiger partial charge in [-0.2, -0.15) is 0 Å². The summed E-state index contributed by atoms with van der Waals surface area (Å²) in [5, 5.41) is 0. The van der Waals surface area contributed by atoms with Gasteiger partial charge < -0.3 is 5.73 Å². The molecule has 3 nitrogen and oxygen atoms in total. The van der Waals surface area contributed by atoms with E-state index in [1.54, 1.807) is 6.07 Å². The van der Waals surface area contributed by atoms with Crippen molar-refractivity contribution in [2.45, 2.75) is 44.0 Å². The van der Waals surface area contributed by atoms with E-state index in [0.717, 1.165) is 19.3 Å². The minimum Gasteiger partial charge on any atom is -0.327 e. The van der Waals surface area contributed by atoms with Gasteiger partial charge in [0, 0.05) is 6.04 Å². The Hall–Kier alpha value is -0.870. The third-order valence-electron chi connectivity index (χ3n) is 3.70. The smallest absolute Gasteiger partial charge is 0.179 e. The first-order valence-electron chi connectivity index (χ1n) is 6.50. The second-order valence-electron chi connectivity index (χ2n) is 5.47. The Morgan fingerprint density at radius 2 is 1.89 bits per heavy atom. The fourth-order valence-electron chi connectivity index (χ4n) is 2.28. The van der Waals surface area contributed by atoms with E-state index in [0.29, 0.717) is 4.90 Å². The first-order chi connectivity index (χ1) is 8.40. The molecule has 1 unspecified atom stereocenters. The Balaban J connectivity index is 2.25. The molecule has 18 heavy (non-hydrogen) atoms. The van der Waals surface area contributed by atoms with Gasteiger partial charge in [-0.3, -0.25) is 0 Å². The number of hydrogen-bond donors (Lipinski definition) is 1. The van der Waals surface area contributed by atoms with Gasteiger partial charge in [-0.25, -0.2) is 8.42 Å². The van der Waals surface area contributed by atoms with E-state index in [2.05, 4.69) is 0 Å². The summed E-state index contributed by atoms with van der Waals surface area (Å²) in [7, 11) is -3.25. The molecule has 1 aromatic rings. The van der Waals surface area contributed by atoms with Gasteiger partial charge in [-0.05, 0) is 48.4 Å². The van der Waals surface area contributed by atoms with E-state index >= 15 is 0 Å². The summed E-state index contributed by atoms with van der Waals surface area (Å²) in [4.78, 5) is 0.430.